The van der Waals surface area contributed by atoms with Crippen molar-refractivity contribution < 1.29 is 14.3 Å². The molecule has 1 aliphatic rings. The summed E-state index contributed by atoms with van der Waals surface area (Å²) in [5, 5.41) is 16.3. The van der Waals surface area contributed by atoms with Crippen molar-refractivity contribution in [2.75, 3.05) is 25.2 Å². The number of H-pyrrole nitrogens is 1. The van der Waals surface area contributed by atoms with Gasteiger partial charge in [-0.25, -0.2) is 10.4 Å². The number of nitrogens with one attached hydrogen (secondary N) is 3. The number of ether oxygens (including phenoxy) is 2. The molecule has 0 aliphatic carbocycles. The third-order valence-corrected chi connectivity index (χ3v) is 5.28. The zero-order chi connectivity index (χ0) is 24.5. The Bertz CT molecular complexity index is 1290. The van der Waals surface area contributed by atoms with Crippen LogP contribution in [0.25, 0.3) is 11.3 Å². The fraction of sp³-hybridized carbons (Fsp3) is 0.240. The molecule has 1 fully saturated rings. The van der Waals surface area contributed by atoms with E-state index in [2.05, 4.69) is 25.8 Å². The van der Waals surface area contributed by atoms with Gasteiger partial charge in [0.05, 0.1) is 18.0 Å². The number of hydrogen-bond donors (Lipinski definition) is 3. The molecule has 1 unspecified atom stereocenters. The quantitative estimate of drug-likeness (QED) is 0.321. The van der Waals surface area contributed by atoms with E-state index >= 15 is 0 Å². The molecule has 3 aromatic rings. The molecule has 2 aromatic carbocycles. The van der Waals surface area contributed by atoms with Crippen LogP contribution in [0.1, 0.15) is 24.0 Å². The molecular formula is C25H24N6O4. The van der Waals surface area contributed by atoms with E-state index < -0.39 is 5.56 Å². The molecule has 1 atom stereocenters. The molecule has 4 rings (SSSR count). The number of para-hydroxylation sites is 1. The molecule has 1 aromatic heterocycles. The first-order chi connectivity index (χ1) is 17.1. The van der Waals surface area contributed by atoms with E-state index in [1.807, 2.05) is 12.1 Å². The number of hydrazone groups is 1. The van der Waals surface area contributed by atoms with E-state index in [1.165, 1.54) is 6.21 Å². The van der Waals surface area contributed by atoms with Crippen LogP contribution in [0.5, 0.6) is 5.75 Å². The maximum Gasteiger partial charge on any atom is 0.270 e. The molecule has 2 heterocycles. The Morgan fingerprint density at radius 1 is 1.26 bits per heavy atom. The Morgan fingerprint density at radius 3 is 2.83 bits per heavy atom. The Balaban J connectivity index is 1.41. The molecule has 1 amide bonds. The lowest BCUT2D eigenvalue weighted by Crippen LogP contribution is -2.35. The number of rotatable bonds is 9. The highest BCUT2D eigenvalue weighted by Crippen LogP contribution is 2.20. The van der Waals surface area contributed by atoms with Gasteiger partial charge in [-0.3, -0.25) is 14.6 Å². The highest BCUT2D eigenvalue weighted by Gasteiger charge is 2.16. The van der Waals surface area contributed by atoms with Gasteiger partial charge in [0.15, 0.2) is 6.61 Å². The molecule has 0 radical (unpaired) electrons. The van der Waals surface area contributed by atoms with E-state index in [0.29, 0.717) is 23.4 Å². The molecule has 35 heavy (non-hydrogen) atoms. The van der Waals surface area contributed by atoms with Gasteiger partial charge in [-0.2, -0.15) is 10.4 Å². The van der Waals surface area contributed by atoms with Crippen LogP contribution in [0.4, 0.5) is 5.95 Å². The largest absolute Gasteiger partial charge is 0.483 e. The lowest BCUT2D eigenvalue weighted by molar-refractivity contribution is -0.123. The number of nitrogens with zero attached hydrogens (tertiary/aromatic N) is 3. The Hall–Kier alpha value is -4.49. The number of hydrogen-bond acceptors (Lipinski definition) is 8. The van der Waals surface area contributed by atoms with E-state index in [-0.39, 0.29) is 35.8 Å². The second-order valence-electron chi connectivity index (χ2n) is 7.75. The highest BCUT2D eigenvalue weighted by molar-refractivity contribution is 5.84. The zero-order valence-corrected chi connectivity index (χ0v) is 18.9. The molecular weight excluding hydrogens is 448 g/mol. The number of amides is 1. The van der Waals surface area contributed by atoms with Crippen molar-refractivity contribution >= 4 is 18.1 Å². The molecule has 0 spiro atoms. The summed E-state index contributed by atoms with van der Waals surface area (Å²) < 4.78 is 11.2. The van der Waals surface area contributed by atoms with Gasteiger partial charge in [0, 0.05) is 24.3 Å². The molecule has 1 aliphatic heterocycles. The predicted molar refractivity (Wildman–Crippen MR) is 130 cm³/mol. The van der Waals surface area contributed by atoms with Crippen LogP contribution in [-0.2, 0) is 9.53 Å². The molecule has 178 valence electrons. The van der Waals surface area contributed by atoms with Crippen molar-refractivity contribution in [1.29, 1.82) is 5.26 Å². The second-order valence-corrected chi connectivity index (χ2v) is 7.75. The summed E-state index contributed by atoms with van der Waals surface area (Å²) in [6.45, 7) is 1.06. The van der Waals surface area contributed by atoms with Gasteiger partial charge in [-0.15, -0.1) is 0 Å². The van der Waals surface area contributed by atoms with Crippen LogP contribution in [0.15, 0.2) is 64.5 Å². The van der Waals surface area contributed by atoms with Crippen molar-refractivity contribution in [3.63, 3.8) is 0 Å². The lowest BCUT2D eigenvalue weighted by Gasteiger charge is -2.12. The van der Waals surface area contributed by atoms with E-state index in [4.69, 9.17) is 9.47 Å². The van der Waals surface area contributed by atoms with Gasteiger partial charge in [0.25, 0.3) is 11.5 Å². The van der Waals surface area contributed by atoms with E-state index in [0.717, 1.165) is 19.4 Å². The minimum absolute atomic E-state index is 0.0640. The third kappa shape index (κ3) is 6.31. The molecule has 1 saturated heterocycles. The summed E-state index contributed by atoms with van der Waals surface area (Å²) in [5.41, 5.74) is 3.54. The first-order valence-electron chi connectivity index (χ1n) is 11.1. The number of anilines is 1. The van der Waals surface area contributed by atoms with E-state index in [9.17, 15) is 14.9 Å². The molecule has 0 bridgehead atoms. The van der Waals surface area contributed by atoms with Crippen molar-refractivity contribution in [1.82, 2.24) is 15.3 Å². The lowest BCUT2D eigenvalue weighted by atomic mass is 10.1. The standard InChI is InChI=1S/C25H24N6O4/c26-13-20-23(17-7-2-1-3-8-17)29-25(30-24(20)33)31-28-14-18-9-4-5-11-21(18)35-16-22(32)27-15-19-10-6-12-34-19/h1-5,7-9,11,14,19H,6,10,12,15-16H2,(H,27,32)(H2,29,30,31,33). The normalized spacial score (nSPS) is 15.0. The van der Waals surface area contributed by atoms with Crippen LogP contribution in [0, 0.1) is 11.3 Å². The van der Waals surface area contributed by atoms with Gasteiger partial charge in [-0.05, 0) is 25.0 Å². The number of carbonyl (C=O) groups excluding carboxylic acids is 1. The Labute approximate surface area is 201 Å². The van der Waals surface area contributed by atoms with Crippen molar-refractivity contribution in [3.05, 3.63) is 76.1 Å². The maximum atomic E-state index is 12.4. The average molecular weight is 473 g/mol. The van der Waals surface area contributed by atoms with Crippen molar-refractivity contribution in [3.8, 4) is 23.1 Å². The SMILES string of the molecule is N#Cc1c(-c2ccccc2)nc(NN=Cc2ccccc2OCC(=O)NCC2CCCO2)[nH]c1=O. The minimum atomic E-state index is -0.572. The summed E-state index contributed by atoms with van der Waals surface area (Å²) in [6.07, 6.45) is 3.51. The number of benzene rings is 2. The highest BCUT2D eigenvalue weighted by atomic mass is 16.5. The number of aromatic amines is 1. The number of nitriles is 1. The fourth-order valence-corrected chi connectivity index (χ4v) is 3.54. The average Bonchev–Trinajstić information content (AvgIpc) is 3.41. The Morgan fingerprint density at radius 2 is 2.06 bits per heavy atom. The summed E-state index contributed by atoms with van der Waals surface area (Å²) in [5.74, 6) is 0.311. The summed E-state index contributed by atoms with van der Waals surface area (Å²) in [7, 11) is 0. The molecule has 10 nitrogen and oxygen atoms in total. The topological polar surface area (TPSA) is 141 Å². The number of carbonyl (C=O) groups is 1. The van der Waals surface area contributed by atoms with Gasteiger partial charge in [-0.1, -0.05) is 42.5 Å². The first kappa shape index (κ1) is 23.7. The van der Waals surface area contributed by atoms with Crippen LogP contribution in [-0.4, -0.2) is 48.0 Å². The van der Waals surface area contributed by atoms with Crippen molar-refractivity contribution in [2.24, 2.45) is 5.10 Å². The van der Waals surface area contributed by atoms with Gasteiger partial charge in [0.2, 0.25) is 5.95 Å². The summed E-state index contributed by atoms with van der Waals surface area (Å²) in [4.78, 5) is 31.3. The van der Waals surface area contributed by atoms with Gasteiger partial charge in [0.1, 0.15) is 17.4 Å². The monoisotopic (exact) mass is 472 g/mol. The second kappa shape index (κ2) is 11.6. The van der Waals surface area contributed by atoms with Crippen LogP contribution in [0.2, 0.25) is 0 Å². The summed E-state index contributed by atoms with van der Waals surface area (Å²) >= 11 is 0. The minimum Gasteiger partial charge on any atom is -0.483 e. The van der Waals surface area contributed by atoms with Crippen molar-refractivity contribution in [2.45, 2.75) is 18.9 Å². The summed E-state index contributed by atoms with van der Waals surface area (Å²) in [6, 6.07) is 17.9. The molecule has 10 heteroatoms. The zero-order valence-electron chi connectivity index (χ0n) is 18.9. The number of aromatic nitrogens is 2. The third-order valence-electron chi connectivity index (χ3n) is 5.28. The van der Waals surface area contributed by atoms with Crippen LogP contribution in [0.3, 0.4) is 0 Å². The fourth-order valence-electron chi connectivity index (χ4n) is 3.54. The first-order valence-corrected chi connectivity index (χ1v) is 11.1. The van der Waals surface area contributed by atoms with Crippen LogP contribution < -0.4 is 21.0 Å². The van der Waals surface area contributed by atoms with Crippen LogP contribution >= 0.6 is 0 Å². The predicted octanol–water partition coefficient (Wildman–Crippen LogP) is 2.43. The van der Waals surface area contributed by atoms with Gasteiger partial charge < -0.3 is 14.8 Å². The van der Waals surface area contributed by atoms with Gasteiger partial charge >= 0.3 is 0 Å². The maximum absolute atomic E-state index is 12.4. The Kier molecular flexibility index (Phi) is 7.83. The van der Waals surface area contributed by atoms with E-state index in [1.54, 1.807) is 48.5 Å². The molecule has 3 N–H and O–H groups in total. The molecule has 0 saturated carbocycles. The smallest absolute Gasteiger partial charge is 0.270 e.